The largest absolute Gasteiger partial charge is 0.328 e. The Balaban J connectivity index is 1.95. The number of nitrogens with one attached hydrogen (secondary N) is 2. The number of hydrogen-bond donors (Lipinski definition) is 2. The zero-order chi connectivity index (χ0) is 17.8. The van der Waals surface area contributed by atoms with Gasteiger partial charge in [0.05, 0.1) is 6.54 Å². The van der Waals surface area contributed by atoms with E-state index in [1.54, 1.807) is 36.4 Å². The number of carbonyl (C=O) groups excluding carboxylic acids is 1. The summed E-state index contributed by atoms with van der Waals surface area (Å²) in [5.74, 6) is -0.625. The van der Waals surface area contributed by atoms with E-state index in [9.17, 15) is 14.4 Å². The van der Waals surface area contributed by atoms with E-state index in [2.05, 4.69) is 15.3 Å². The number of pyridine rings is 1. The lowest BCUT2D eigenvalue weighted by molar-refractivity contribution is 0.102. The highest BCUT2D eigenvalue weighted by Crippen LogP contribution is 2.15. The molecule has 0 saturated carbocycles. The second kappa shape index (κ2) is 7.14. The van der Waals surface area contributed by atoms with Gasteiger partial charge in [-0.3, -0.25) is 19.1 Å². The molecular weight excluding hydrogens is 344 g/mol. The van der Waals surface area contributed by atoms with Gasteiger partial charge in [0.25, 0.3) is 11.5 Å². The van der Waals surface area contributed by atoms with E-state index in [1.165, 1.54) is 12.4 Å². The number of benzene rings is 1. The van der Waals surface area contributed by atoms with E-state index in [0.29, 0.717) is 16.3 Å². The van der Waals surface area contributed by atoms with Crippen LogP contribution in [0.1, 0.15) is 15.9 Å². The Hall–Kier alpha value is -3.19. The molecule has 1 aromatic carbocycles. The van der Waals surface area contributed by atoms with Crippen molar-refractivity contribution in [2.45, 2.75) is 6.54 Å². The second-order valence-electron chi connectivity index (χ2n) is 5.18. The molecule has 0 unspecified atom stereocenters. The quantitative estimate of drug-likeness (QED) is 0.746. The molecule has 7 nitrogen and oxygen atoms in total. The first kappa shape index (κ1) is 16.7. The molecule has 0 atom stereocenters. The first-order valence-corrected chi connectivity index (χ1v) is 7.71. The van der Waals surface area contributed by atoms with Gasteiger partial charge in [-0.2, -0.15) is 0 Å². The zero-order valence-corrected chi connectivity index (χ0v) is 13.7. The van der Waals surface area contributed by atoms with Crippen molar-refractivity contribution in [1.82, 2.24) is 14.5 Å². The minimum absolute atomic E-state index is 0.0375. The van der Waals surface area contributed by atoms with Crippen LogP contribution in [0.25, 0.3) is 0 Å². The molecule has 8 heteroatoms. The Labute approximate surface area is 146 Å². The van der Waals surface area contributed by atoms with E-state index in [1.807, 2.05) is 0 Å². The van der Waals surface area contributed by atoms with Gasteiger partial charge >= 0.3 is 5.69 Å². The number of anilines is 1. The molecule has 0 radical (unpaired) electrons. The third-order valence-electron chi connectivity index (χ3n) is 3.53. The molecule has 126 valence electrons. The van der Waals surface area contributed by atoms with E-state index >= 15 is 0 Å². The molecule has 0 fully saturated rings. The third-order valence-corrected chi connectivity index (χ3v) is 3.90. The van der Waals surface area contributed by atoms with Gasteiger partial charge in [-0.15, -0.1) is 0 Å². The van der Waals surface area contributed by atoms with E-state index in [0.717, 1.165) is 10.8 Å². The van der Waals surface area contributed by atoms with Crippen LogP contribution in [-0.4, -0.2) is 20.4 Å². The van der Waals surface area contributed by atoms with Crippen LogP contribution in [0.4, 0.5) is 5.69 Å². The maximum Gasteiger partial charge on any atom is 0.328 e. The first-order chi connectivity index (χ1) is 12.1. The maximum atomic E-state index is 12.6. The monoisotopic (exact) mass is 356 g/mol. The Kier molecular flexibility index (Phi) is 4.76. The molecule has 2 N–H and O–H groups in total. The molecule has 0 bridgehead atoms. The van der Waals surface area contributed by atoms with Gasteiger partial charge in [0.1, 0.15) is 5.56 Å². The van der Waals surface area contributed by atoms with Crippen molar-refractivity contribution in [3.8, 4) is 0 Å². The minimum atomic E-state index is -0.699. The molecule has 3 aromatic rings. The average molecular weight is 357 g/mol. The molecule has 0 spiro atoms. The van der Waals surface area contributed by atoms with Crippen molar-refractivity contribution in [3.63, 3.8) is 0 Å². The van der Waals surface area contributed by atoms with Crippen LogP contribution < -0.4 is 16.6 Å². The number of H-pyrrole nitrogens is 1. The minimum Gasteiger partial charge on any atom is -0.322 e. The molecule has 0 saturated heterocycles. The van der Waals surface area contributed by atoms with Crippen molar-refractivity contribution in [3.05, 3.63) is 92.0 Å². The smallest absolute Gasteiger partial charge is 0.322 e. The lowest BCUT2D eigenvalue weighted by atomic mass is 10.2. The molecule has 1 amide bonds. The zero-order valence-electron chi connectivity index (χ0n) is 12.9. The molecule has 3 rings (SSSR count). The van der Waals surface area contributed by atoms with Gasteiger partial charge in [0, 0.05) is 29.3 Å². The van der Waals surface area contributed by atoms with Gasteiger partial charge in [-0.05, 0) is 23.8 Å². The van der Waals surface area contributed by atoms with E-state index in [-0.39, 0.29) is 12.1 Å². The lowest BCUT2D eigenvalue weighted by Crippen LogP contribution is -2.39. The molecular formula is C17H13ClN4O3. The first-order valence-electron chi connectivity index (χ1n) is 7.33. The fourth-order valence-electron chi connectivity index (χ4n) is 2.25. The van der Waals surface area contributed by atoms with Crippen LogP contribution in [0.15, 0.2) is 64.6 Å². The molecule has 2 aromatic heterocycles. The van der Waals surface area contributed by atoms with Crippen molar-refractivity contribution in [2.24, 2.45) is 0 Å². The van der Waals surface area contributed by atoms with E-state index < -0.39 is 17.2 Å². The Morgan fingerprint density at radius 2 is 1.88 bits per heavy atom. The molecule has 0 aliphatic rings. The summed E-state index contributed by atoms with van der Waals surface area (Å²) in [5, 5.41) is 3.01. The number of rotatable bonds is 4. The SMILES string of the molecule is O=C(Nc1ccncc1)c1c[nH]c(=O)n(Cc2ccccc2Cl)c1=O. The highest BCUT2D eigenvalue weighted by Gasteiger charge is 2.15. The fourth-order valence-corrected chi connectivity index (χ4v) is 2.44. The average Bonchev–Trinajstić information content (AvgIpc) is 2.61. The number of halogens is 1. The highest BCUT2D eigenvalue weighted by atomic mass is 35.5. The van der Waals surface area contributed by atoms with Crippen LogP contribution in [0.5, 0.6) is 0 Å². The van der Waals surface area contributed by atoms with Crippen LogP contribution >= 0.6 is 11.6 Å². The highest BCUT2D eigenvalue weighted by molar-refractivity contribution is 6.31. The van der Waals surface area contributed by atoms with E-state index in [4.69, 9.17) is 11.6 Å². The number of amides is 1. The number of aromatic amines is 1. The summed E-state index contributed by atoms with van der Waals surface area (Å²) >= 11 is 6.08. The molecule has 2 heterocycles. The van der Waals surface area contributed by atoms with Crippen LogP contribution in [0, 0.1) is 0 Å². The normalized spacial score (nSPS) is 10.4. The summed E-state index contributed by atoms with van der Waals surface area (Å²) in [7, 11) is 0. The van der Waals surface area contributed by atoms with Crippen molar-refractivity contribution >= 4 is 23.2 Å². The summed E-state index contributed by atoms with van der Waals surface area (Å²) in [6.07, 6.45) is 4.13. The van der Waals surface area contributed by atoms with Crippen molar-refractivity contribution < 1.29 is 4.79 Å². The summed E-state index contributed by atoms with van der Waals surface area (Å²) in [6, 6.07) is 10.0. The third kappa shape index (κ3) is 3.67. The Morgan fingerprint density at radius 1 is 1.16 bits per heavy atom. The number of carbonyl (C=O) groups is 1. The lowest BCUT2D eigenvalue weighted by Gasteiger charge is -2.09. The van der Waals surface area contributed by atoms with Crippen LogP contribution in [0.2, 0.25) is 5.02 Å². The standard InChI is InChI=1S/C17H13ClN4O3/c18-14-4-2-1-3-11(14)10-22-16(24)13(9-20-17(22)25)15(23)21-12-5-7-19-8-6-12/h1-9H,10H2,(H,20,25)(H,19,21,23). The number of aromatic nitrogens is 3. The Morgan fingerprint density at radius 3 is 2.60 bits per heavy atom. The summed E-state index contributed by atoms with van der Waals surface area (Å²) in [6.45, 7) is -0.0375. The Bertz CT molecular complexity index is 1030. The van der Waals surface area contributed by atoms with Crippen molar-refractivity contribution in [2.75, 3.05) is 5.32 Å². The molecule has 0 aliphatic carbocycles. The second-order valence-corrected chi connectivity index (χ2v) is 5.59. The maximum absolute atomic E-state index is 12.6. The van der Waals surface area contributed by atoms with Crippen LogP contribution in [0.3, 0.4) is 0 Å². The summed E-state index contributed by atoms with van der Waals surface area (Å²) in [4.78, 5) is 43.2. The molecule has 0 aliphatic heterocycles. The van der Waals surface area contributed by atoms with Crippen molar-refractivity contribution in [1.29, 1.82) is 0 Å². The van der Waals surface area contributed by atoms with Gasteiger partial charge < -0.3 is 10.3 Å². The fraction of sp³-hybridized carbons (Fsp3) is 0.0588. The number of nitrogens with zero attached hydrogens (tertiary/aromatic N) is 2. The molecule has 25 heavy (non-hydrogen) atoms. The van der Waals surface area contributed by atoms with Crippen LogP contribution in [-0.2, 0) is 6.54 Å². The van der Waals surface area contributed by atoms with Gasteiger partial charge in [-0.1, -0.05) is 29.8 Å². The summed E-state index contributed by atoms with van der Waals surface area (Å²) < 4.78 is 0.933. The number of hydrogen-bond acceptors (Lipinski definition) is 4. The predicted molar refractivity (Wildman–Crippen MR) is 94.1 cm³/mol. The topological polar surface area (TPSA) is 96.8 Å². The predicted octanol–water partition coefficient (Wildman–Crippen LogP) is 1.89. The van der Waals surface area contributed by atoms with Gasteiger partial charge in [0.15, 0.2) is 0 Å². The van der Waals surface area contributed by atoms with Gasteiger partial charge in [-0.25, -0.2) is 4.79 Å². The summed E-state index contributed by atoms with van der Waals surface area (Å²) in [5.41, 5.74) is -0.407. The van der Waals surface area contributed by atoms with Gasteiger partial charge in [0.2, 0.25) is 0 Å².